The van der Waals surface area contributed by atoms with Crippen LogP contribution in [0.3, 0.4) is 0 Å². The summed E-state index contributed by atoms with van der Waals surface area (Å²) in [6, 6.07) is 5.32. The van der Waals surface area contributed by atoms with Gasteiger partial charge in [0.15, 0.2) is 0 Å². The molecule has 1 saturated carbocycles. The first-order chi connectivity index (χ1) is 8.00. The fourth-order valence-corrected chi connectivity index (χ4v) is 2.17. The number of carbonyl (C=O) groups excluding carboxylic acids is 1. The maximum absolute atomic E-state index is 12.0. The summed E-state index contributed by atoms with van der Waals surface area (Å²) in [5.41, 5.74) is 7.41. The van der Waals surface area contributed by atoms with Gasteiger partial charge in [0.25, 0.3) is 5.91 Å². The van der Waals surface area contributed by atoms with Crippen LogP contribution in [0.25, 0.3) is 0 Å². The number of aryl methyl sites for hydroxylation is 1. The van der Waals surface area contributed by atoms with Gasteiger partial charge in [-0.15, -0.1) is 12.4 Å². The fraction of sp³-hybridized carbons (Fsp3) is 0.462. The first-order valence-electron chi connectivity index (χ1n) is 5.83. The van der Waals surface area contributed by atoms with Gasteiger partial charge in [-0.25, -0.2) is 0 Å². The van der Waals surface area contributed by atoms with E-state index in [2.05, 4.69) is 5.32 Å². The number of nitrogens with two attached hydrogens (primary N) is 1. The predicted octanol–water partition coefficient (Wildman–Crippen LogP) is 2.68. The Morgan fingerprint density at radius 3 is 2.72 bits per heavy atom. The number of rotatable bonds is 3. The SMILES string of the molecule is Cc1ccc(Cl)cc1C(=O)NCC1(N)CCC1.Cl. The van der Waals surface area contributed by atoms with E-state index in [1.165, 1.54) is 0 Å². The van der Waals surface area contributed by atoms with Gasteiger partial charge in [-0.05, 0) is 43.9 Å². The fourth-order valence-electron chi connectivity index (χ4n) is 2.00. The molecule has 5 heteroatoms. The van der Waals surface area contributed by atoms with Crippen LogP contribution in [0.1, 0.15) is 35.2 Å². The van der Waals surface area contributed by atoms with Crippen molar-refractivity contribution >= 4 is 29.9 Å². The Hall–Kier alpha value is -0.770. The van der Waals surface area contributed by atoms with Crippen molar-refractivity contribution in [1.82, 2.24) is 5.32 Å². The second-order valence-corrected chi connectivity index (χ2v) is 5.29. The molecular formula is C13H18Cl2N2O. The van der Waals surface area contributed by atoms with Crippen LogP contribution in [0, 0.1) is 6.92 Å². The van der Waals surface area contributed by atoms with E-state index < -0.39 is 0 Å². The molecule has 0 aliphatic heterocycles. The molecule has 1 aromatic carbocycles. The third-order valence-electron chi connectivity index (χ3n) is 3.39. The molecule has 2 rings (SSSR count). The van der Waals surface area contributed by atoms with E-state index in [1.54, 1.807) is 12.1 Å². The number of amides is 1. The predicted molar refractivity (Wildman–Crippen MR) is 76.5 cm³/mol. The highest BCUT2D eigenvalue weighted by atomic mass is 35.5. The van der Waals surface area contributed by atoms with Gasteiger partial charge >= 0.3 is 0 Å². The number of carbonyl (C=O) groups is 1. The molecule has 0 bridgehead atoms. The summed E-state index contributed by atoms with van der Waals surface area (Å²) in [6.45, 7) is 2.44. The highest BCUT2D eigenvalue weighted by Crippen LogP contribution is 2.28. The van der Waals surface area contributed by atoms with Gasteiger partial charge < -0.3 is 11.1 Å². The van der Waals surface area contributed by atoms with Crippen LogP contribution in [0.4, 0.5) is 0 Å². The molecule has 0 saturated heterocycles. The first-order valence-corrected chi connectivity index (χ1v) is 6.21. The van der Waals surface area contributed by atoms with E-state index in [1.807, 2.05) is 13.0 Å². The molecule has 18 heavy (non-hydrogen) atoms. The van der Waals surface area contributed by atoms with E-state index in [0.29, 0.717) is 17.1 Å². The van der Waals surface area contributed by atoms with E-state index in [4.69, 9.17) is 17.3 Å². The Morgan fingerprint density at radius 1 is 1.50 bits per heavy atom. The lowest BCUT2D eigenvalue weighted by atomic mass is 9.78. The smallest absolute Gasteiger partial charge is 0.251 e. The molecule has 1 aliphatic carbocycles. The van der Waals surface area contributed by atoms with Crippen LogP contribution >= 0.6 is 24.0 Å². The van der Waals surface area contributed by atoms with Crippen LogP contribution in [-0.4, -0.2) is 18.0 Å². The van der Waals surface area contributed by atoms with Crippen molar-refractivity contribution in [2.75, 3.05) is 6.54 Å². The Balaban J connectivity index is 0.00000162. The zero-order valence-electron chi connectivity index (χ0n) is 10.3. The maximum Gasteiger partial charge on any atom is 0.251 e. The van der Waals surface area contributed by atoms with Crippen LogP contribution in [-0.2, 0) is 0 Å². The van der Waals surface area contributed by atoms with Crippen LogP contribution in [0.2, 0.25) is 5.02 Å². The molecule has 3 N–H and O–H groups in total. The molecule has 1 aromatic rings. The molecule has 1 aliphatic rings. The number of benzene rings is 1. The molecule has 0 radical (unpaired) electrons. The minimum absolute atomic E-state index is 0. The van der Waals surface area contributed by atoms with Crippen LogP contribution in [0.15, 0.2) is 18.2 Å². The summed E-state index contributed by atoms with van der Waals surface area (Å²) in [5, 5.41) is 3.46. The Kier molecular flexibility index (Phi) is 5.02. The third kappa shape index (κ3) is 3.37. The highest BCUT2D eigenvalue weighted by molar-refractivity contribution is 6.31. The Morgan fingerprint density at radius 2 is 2.17 bits per heavy atom. The van der Waals surface area contributed by atoms with E-state index in [-0.39, 0.29) is 23.9 Å². The van der Waals surface area contributed by atoms with Crippen molar-refractivity contribution in [2.24, 2.45) is 5.73 Å². The van der Waals surface area contributed by atoms with E-state index >= 15 is 0 Å². The minimum Gasteiger partial charge on any atom is -0.350 e. The molecule has 1 fully saturated rings. The van der Waals surface area contributed by atoms with Crippen molar-refractivity contribution in [1.29, 1.82) is 0 Å². The summed E-state index contributed by atoms with van der Waals surface area (Å²) < 4.78 is 0. The standard InChI is InChI=1S/C13H17ClN2O.ClH/c1-9-3-4-10(14)7-11(9)12(17)16-8-13(15)5-2-6-13;/h3-4,7H,2,5-6,8,15H2,1H3,(H,16,17);1H. The molecule has 1 amide bonds. The molecule has 100 valence electrons. The normalized spacial score (nSPS) is 16.4. The molecule has 0 aromatic heterocycles. The third-order valence-corrected chi connectivity index (χ3v) is 3.63. The topological polar surface area (TPSA) is 55.1 Å². The molecule has 0 unspecified atom stereocenters. The minimum atomic E-state index is -0.192. The van der Waals surface area contributed by atoms with Crippen molar-refractivity contribution < 1.29 is 4.79 Å². The van der Waals surface area contributed by atoms with Gasteiger partial charge in [0.2, 0.25) is 0 Å². The average Bonchev–Trinajstić information content (AvgIpc) is 2.26. The van der Waals surface area contributed by atoms with Crippen molar-refractivity contribution in [2.45, 2.75) is 31.7 Å². The van der Waals surface area contributed by atoms with Crippen LogP contribution < -0.4 is 11.1 Å². The van der Waals surface area contributed by atoms with Gasteiger partial charge in [0.05, 0.1) is 0 Å². The summed E-state index contributed by atoms with van der Waals surface area (Å²) in [4.78, 5) is 12.0. The number of hydrogen-bond acceptors (Lipinski definition) is 2. The maximum atomic E-state index is 12.0. The van der Waals surface area contributed by atoms with Gasteiger partial charge in [0.1, 0.15) is 0 Å². The monoisotopic (exact) mass is 288 g/mol. The summed E-state index contributed by atoms with van der Waals surface area (Å²) in [5.74, 6) is -0.0956. The van der Waals surface area contributed by atoms with Crippen molar-refractivity contribution in [3.8, 4) is 0 Å². The summed E-state index contributed by atoms with van der Waals surface area (Å²) in [7, 11) is 0. The second-order valence-electron chi connectivity index (χ2n) is 4.86. The van der Waals surface area contributed by atoms with Gasteiger partial charge in [-0.2, -0.15) is 0 Å². The largest absolute Gasteiger partial charge is 0.350 e. The highest BCUT2D eigenvalue weighted by Gasteiger charge is 2.32. The quantitative estimate of drug-likeness (QED) is 0.899. The Labute approximate surface area is 118 Å². The summed E-state index contributed by atoms with van der Waals surface area (Å²) >= 11 is 5.88. The molecular weight excluding hydrogens is 271 g/mol. The lowest BCUT2D eigenvalue weighted by molar-refractivity contribution is 0.0929. The Bertz CT molecular complexity index is 445. The lowest BCUT2D eigenvalue weighted by Gasteiger charge is -2.38. The zero-order valence-corrected chi connectivity index (χ0v) is 11.9. The van der Waals surface area contributed by atoms with E-state index in [0.717, 1.165) is 24.8 Å². The molecule has 0 atom stereocenters. The van der Waals surface area contributed by atoms with Crippen LogP contribution in [0.5, 0.6) is 0 Å². The first kappa shape index (κ1) is 15.3. The van der Waals surface area contributed by atoms with E-state index in [9.17, 15) is 4.79 Å². The van der Waals surface area contributed by atoms with Crippen molar-refractivity contribution in [3.63, 3.8) is 0 Å². The number of nitrogens with one attached hydrogen (secondary N) is 1. The molecule has 0 heterocycles. The summed E-state index contributed by atoms with van der Waals surface area (Å²) in [6.07, 6.45) is 3.13. The number of halogens is 2. The lowest BCUT2D eigenvalue weighted by Crippen LogP contribution is -2.54. The van der Waals surface area contributed by atoms with Gasteiger partial charge in [-0.1, -0.05) is 17.7 Å². The van der Waals surface area contributed by atoms with Gasteiger partial charge in [0, 0.05) is 22.7 Å². The van der Waals surface area contributed by atoms with Crippen molar-refractivity contribution in [3.05, 3.63) is 34.3 Å². The zero-order chi connectivity index (χ0) is 12.5. The average molecular weight is 289 g/mol. The molecule has 0 spiro atoms. The second kappa shape index (κ2) is 5.91. The van der Waals surface area contributed by atoms with Gasteiger partial charge in [-0.3, -0.25) is 4.79 Å². The number of hydrogen-bond donors (Lipinski definition) is 2. The molecule has 3 nitrogen and oxygen atoms in total.